The number of rotatable bonds is 7. The summed E-state index contributed by atoms with van der Waals surface area (Å²) in [6, 6.07) is 0. The van der Waals surface area contributed by atoms with Crippen LogP contribution in [-0.2, 0) is 9.84 Å². The first-order valence-corrected chi connectivity index (χ1v) is 12.4. The summed E-state index contributed by atoms with van der Waals surface area (Å²) in [7, 11) is -3.33. The lowest BCUT2D eigenvalue weighted by Crippen LogP contribution is -2.45. The van der Waals surface area contributed by atoms with Crippen LogP contribution in [0.1, 0.15) is 61.5 Å². The van der Waals surface area contributed by atoms with Crippen molar-refractivity contribution in [2.75, 3.05) is 12.3 Å². The zero-order chi connectivity index (χ0) is 18.3. The largest absolute Gasteiger partial charge is 0.351 e. The smallest absolute Gasteiger partial charge is 0.263 e. The lowest BCUT2D eigenvalue weighted by molar-refractivity contribution is -0.0401. The topological polar surface area (TPSA) is 76.1 Å². The number of aromatic nitrogens is 1. The third kappa shape index (κ3) is 3.57. The van der Waals surface area contributed by atoms with Crippen molar-refractivity contribution in [1.82, 2.24) is 10.3 Å². The van der Waals surface area contributed by atoms with Gasteiger partial charge in [0, 0.05) is 6.54 Å². The highest BCUT2D eigenvalue weighted by Crippen LogP contribution is 2.57. The van der Waals surface area contributed by atoms with Crippen molar-refractivity contribution in [2.45, 2.75) is 56.2 Å². The first kappa shape index (κ1) is 18.4. The predicted molar refractivity (Wildman–Crippen MR) is 102 cm³/mol. The Morgan fingerprint density at radius 1 is 1.19 bits per heavy atom. The zero-order valence-electron chi connectivity index (χ0n) is 15.3. The first-order valence-electron chi connectivity index (χ1n) is 9.93. The highest BCUT2D eigenvalue weighted by molar-refractivity contribution is 7.93. The van der Waals surface area contributed by atoms with Crippen LogP contribution < -0.4 is 5.32 Å². The molecule has 7 heteroatoms. The number of nitrogens with one attached hydrogen (secondary N) is 1. The van der Waals surface area contributed by atoms with Crippen molar-refractivity contribution >= 4 is 27.1 Å². The second-order valence-electron chi connectivity index (χ2n) is 8.39. The van der Waals surface area contributed by atoms with Crippen molar-refractivity contribution < 1.29 is 13.2 Å². The number of hydrogen-bond acceptors (Lipinski definition) is 5. The van der Waals surface area contributed by atoms with Crippen LogP contribution in [0, 0.1) is 29.6 Å². The van der Waals surface area contributed by atoms with Gasteiger partial charge in [-0.25, -0.2) is 13.4 Å². The Morgan fingerprint density at radius 2 is 1.85 bits per heavy atom. The second-order valence-corrected chi connectivity index (χ2v) is 11.9. The number of hydrogen-bond donors (Lipinski definition) is 1. The van der Waals surface area contributed by atoms with Crippen molar-refractivity contribution in [3.05, 3.63) is 11.1 Å². The molecular formula is C19H28N2O3S2. The lowest BCUT2D eigenvalue weighted by Gasteiger charge is -2.54. The van der Waals surface area contributed by atoms with Crippen LogP contribution in [0.2, 0.25) is 0 Å². The predicted octanol–water partition coefficient (Wildman–Crippen LogP) is 3.52. The fourth-order valence-corrected chi connectivity index (χ4v) is 7.92. The summed E-state index contributed by atoms with van der Waals surface area (Å²) < 4.78 is 23.7. The van der Waals surface area contributed by atoms with Crippen molar-refractivity contribution in [3.8, 4) is 0 Å². The molecular weight excluding hydrogens is 368 g/mol. The molecule has 26 heavy (non-hydrogen) atoms. The van der Waals surface area contributed by atoms with Crippen LogP contribution in [0.4, 0.5) is 0 Å². The summed E-state index contributed by atoms with van der Waals surface area (Å²) in [6.07, 6.45) is 10.9. The maximum atomic E-state index is 12.2. The van der Waals surface area contributed by atoms with Crippen LogP contribution in [0.15, 0.2) is 10.5 Å². The molecule has 0 unspecified atom stereocenters. The third-order valence-corrected chi connectivity index (χ3v) is 9.98. The van der Waals surface area contributed by atoms with Gasteiger partial charge in [-0.2, -0.15) is 0 Å². The van der Waals surface area contributed by atoms with Crippen molar-refractivity contribution in [3.63, 3.8) is 0 Å². The summed E-state index contributed by atoms with van der Waals surface area (Å²) in [5.41, 5.74) is 0. The van der Waals surface area contributed by atoms with Crippen LogP contribution in [0.5, 0.6) is 0 Å². The van der Waals surface area contributed by atoms with Gasteiger partial charge in [0.25, 0.3) is 5.91 Å². The minimum absolute atomic E-state index is 0.00695. The van der Waals surface area contributed by atoms with E-state index in [4.69, 9.17) is 0 Å². The average molecular weight is 397 g/mol. The van der Waals surface area contributed by atoms with Gasteiger partial charge in [-0.1, -0.05) is 18.3 Å². The summed E-state index contributed by atoms with van der Waals surface area (Å²) >= 11 is 0.966. The van der Waals surface area contributed by atoms with E-state index in [-0.39, 0.29) is 16.0 Å². The fourth-order valence-electron chi connectivity index (χ4n) is 5.77. The number of thiazole rings is 1. The van der Waals surface area contributed by atoms with E-state index in [1.165, 1.54) is 44.7 Å². The van der Waals surface area contributed by atoms with Crippen molar-refractivity contribution in [1.29, 1.82) is 0 Å². The molecule has 4 aliphatic carbocycles. The lowest BCUT2D eigenvalue weighted by atomic mass is 9.51. The van der Waals surface area contributed by atoms with Gasteiger partial charge in [0.1, 0.15) is 4.88 Å². The number of carbonyl (C=O) groups is 1. The Labute approximate surface area is 159 Å². The maximum absolute atomic E-state index is 12.2. The highest BCUT2D eigenvalue weighted by atomic mass is 32.2. The van der Waals surface area contributed by atoms with E-state index in [1.54, 1.807) is 6.92 Å². The number of amides is 1. The van der Waals surface area contributed by atoms with Gasteiger partial charge in [0.05, 0.1) is 11.9 Å². The van der Waals surface area contributed by atoms with Crippen molar-refractivity contribution in [2.24, 2.45) is 29.6 Å². The van der Waals surface area contributed by atoms with Gasteiger partial charge in [-0.05, 0) is 74.5 Å². The molecule has 5 rings (SSSR count). The molecule has 4 saturated carbocycles. The third-order valence-electron chi connectivity index (χ3n) is 6.78. The van der Waals surface area contributed by atoms with E-state index in [0.717, 1.165) is 47.3 Å². The van der Waals surface area contributed by atoms with E-state index >= 15 is 0 Å². The molecule has 0 radical (unpaired) electrons. The Bertz CT molecular complexity index is 744. The van der Waals surface area contributed by atoms with E-state index in [2.05, 4.69) is 10.3 Å². The quantitative estimate of drug-likeness (QED) is 0.716. The molecule has 4 aliphatic rings. The summed E-state index contributed by atoms with van der Waals surface area (Å²) in [6.45, 7) is 2.25. The molecule has 1 aromatic heterocycles. The van der Waals surface area contributed by atoms with Crippen LogP contribution in [0.3, 0.4) is 0 Å². The van der Waals surface area contributed by atoms with E-state index in [1.807, 2.05) is 0 Å². The molecule has 0 aromatic carbocycles. The standard InChI is InChI=1S/C19H28N2O3S2/c1-2-26(23,24)19-21-11-17(25-19)18(22)20-5-3-4-16-14-7-12-6-13(9-14)10-15(16)8-12/h11-16H,2-10H2,1H3,(H,20,22). The van der Waals surface area contributed by atoms with Gasteiger partial charge in [-0.15, -0.1) is 0 Å². The van der Waals surface area contributed by atoms with Crippen LogP contribution >= 0.6 is 11.3 Å². The summed E-state index contributed by atoms with van der Waals surface area (Å²) in [5, 5.41) is 2.94. The maximum Gasteiger partial charge on any atom is 0.263 e. The van der Waals surface area contributed by atoms with Gasteiger partial charge < -0.3 is 5.32 Å². The summed E-state index contributed by atoms with van der Waals surface area (Å²) in [4.78, 5) is 16.5. The molecule has 1 aromatic rings. The molecule has 4 bridgehead atoms. The molecule has 0 spiro atoms. The Morgan fingerprint density at radius 3 is 2.46 bits per heavy atom. The molecule has 5 nitrogen and oxygen atoms in total. The second kappa shape index (κ2) is 7.23. The number of carbonyl (C=O) groups excluding carboxylic acids is 1. The van der Waals surface area contributed by atoms with Crippen LogP contribution in [-0.4, -0.2) is 31.6 Å². The van der Waals surface area contributed by atoms with E-state index in [9.17, 15) is 13.2 Å². The van der Waals surface area contributed by atoms with Gasteiger partial charge in [0.2, 0.25) is 14.2 Å². The average Bonchev–Trinajstić information content (AvgIpc) is 3.11. The Hall–Kier alpha value is -0.950. The minimum atomic E-state index is -3.33. The highest BCUT2D eigenvalue weighted by Gasteiger charge is 2.47. The van der Waals surface area contributed by atoms with E-state index in [0.29, 0.717) is 11.4 Å². The monoisotopic (exact) mass is 396 g/mol. The van der Waals surface area contributed by atoms with E-state index < -0.39 is 9.84 Å². The van der Waals surface area contributed by atoms with Crippen LogP contribution in [0.25, 0.3) is 0 Å². The molecule has 1 heterocycles. The molecule has 1 N–H and O–H groups in total. The molecule has 0 aliphatic heterocycles. The molecule has 0 atom stereocenters. The molecule has 0 saturated heterocycles. The summed E-state index contributed by atoms with van der Waals surface area (Å²) in [5.74, 6) is 4.55. The number of nitrogens with zero attached hydrogens (tertiary/aromatic N) is 1. The Balaban J connectivity index is 1.25. The normalized spacial score (nSPS) is 32.7. The zero-order valence-corrected chi connectivity index (χ0v) is 16.9. The Kier molecular flexibility index (Phi) is 5.12. The number of sulfone groups is 1. The molecule has 4 fully saturated rings. The molecule has 144 valence electrons. The van der Waals surface area contributed by atoms with Gasteiger partial charge in [-0.3, -0.25) is 4.79 Å². The van der Waals surface area contributed by atoms with Gasteiger partial charge >= 0.3 is 0 Å². The first-order chi connectivity index (χ1) is 12.5. The minimum Gasteiger partial charge on any atom is -0.351 e. The molecule has 1 amide bonds. The SMILES string of the molecule is CCS(=O)(=O)c1ncc(C(=O)NCCCC2C3CC4CC(C3)CC2C4)s1. The fraction of sp³-hybridized carbons (Fsp3) is 0.789. The van der Waals surface area contributed by atoms with Gasteiger partial charge in [0.15, 0.2) is 0 Å².